The summed E-state index contributed by atoms with van der Waals surface area (Å²) in [5.74, 6) is -1.38. The summed E-state index contributed by atoms with van der Waals surface area (Å²) in [7, 11) is 0. The first-order valence-electron chi connectivity index (χ1n) is 12.1. The lowest BCUT2D eigenvalue weighted by Gasteiger charge is -2.32. The van der Waals surface area contributed by atoms with Crippen LogP contribution in [0.1, 0.15) is 53.6 Å². The van der Waals surface area contributed by atoms with Crippen molar-refractivity contribution < 1.29 is 31.9 Å². The highest BCUT2D eigenvalue weighted by molar-refractivity contribution is 6.08. The Hall–Kier alpha value is -3.65. The van der Waals surface area contributed by atoms with E-state index in [1.165, 1.54) is 28.0 Å². The Labute approximate surface area is 210 Å². The van der Waals surface area contributed by atoms with Crippen molar-refractivity contribution in [2.24, 2.45) is 0 Å². The Bertz CT molecular complexity index is 1270. The van der Waals surface area contributed by atoms with E-state index in [0.29, 0.717) is 32.5 Å². The summed E-state index contributed by atoms with van der Waals surface area (Å²) in [6.07, 6.45) is -1.36. The SMILES string of the molecule is N#Cc1ccc(N2C(=O)N(c3ccc(C(=O)NC4CCOC4)c(F)c3)[C@H]3CCCC[C@@H]32)cc1C(F)(F)F. The first-order chi connectivity index (χ1) is 17.7. The predicted molar refractivity (Wildman–Crippen MR) is 126 cm³/mol. The number of benzene rings is 2. The molecule has 2 aromatic rings. The van der Waals surface area contributed by atoms with Crippen LogP contribution in [-0.4, -0.2) is 43.3 Å². The third-order valence-electron chi connectivity index (χ3n) is 7.22. The van der Waals surface area contributed by atoms with Crippen molar-refractivity contribution in [3.8, 4) is 6.07 Å². The van der Waals surface area contributed by atoms with Crippen LogP contribution >= 0.6 is 0 Å². The van der Waals surface area contributed by atoms with Gasteiger partial charge in [0.2, 0.25) is 0 Å². The van der Waals surface area contributed by atoms with Crippen molar-refractivity contribution in [3.63, 3.8) is 0 Å². The zero-order valence-corrected chi connectivity index (χ0v) is 19.7. The fraction of sp³-hybridized carbons (Fsp3) is 0.423. The number of urea groups is 1. The molecule has 1 N–H and O–H groups in total. The number of alkyl halides is 3. The van der Waals surface area contributed by atoms with Gasteiger partial charge in [-0.3, -0.25) is 14.6 Å². The minimum Gasteiger partial charge on any atom is -0.379 e. The molecule has 3 amide bonds. The zero-order valence-electron chi connectivity index (χ0n) is 19.7. The van der Waals surface area contributed by atoms with E-state index in [1.807, 2.05) is 0 Å². The molecule has 2 saturated heterocycles. The molecule has 0 aromatic heterocycles. The molecule has 5 rings (SSSR count). The maximum absolute atomic E-state index is 15.1. The van der Waals surface area contributed by atoms with Gasteiger partial charge in [0.15, 0.2) is 0 Å². The number of nitrogens with one attached hydrogen (secondary N) is 1. The standard InChI is InChI=1S/C26H24F4N4O3/c27-21-12-18(7-8-19(21)24(35)32-16-9-10-37-14-16)34-23-4-2-1-3-22(23)33(25(34)36)17-6-5-15(13-31)20(11-17)26(28,29)30/h5-8,11-12,16,22-23H,1-4,9-10,14H2,(H,32,35)/t16?,22-,23-/m0/s1. The van der Waals surface area contributed by atoms with Gasteiger partial charge in [-0.05, 0) is 55.7 Å². The van der Waals surface area contributed by atoms with E-state index in [2.05, 4.69) is 5.32 Å². The van der Waals surface area contributed by atoms with Crippen LogP contribution in [0.4, 0.5) is 33.7 Å². The van der Waals surface area contributed by atoms with Crippen LogP contribution in [0, 0.1) is 17.1 Å². The van der Waals surface area contributed by atoms with Crippen molar-refractivity contribution in [1.29, 1.82) is 5.26 Å². The van der Waals surface area contributed by atoms with E-state index in [-0.39, 0.29) is 29.0 Å². The van der Waals surface area contributed by atoms with Gasteiger partial charge in [0.25, 0.3) is 5.91 Å². The van der Waals surface area contributed by atoms with Gasteiger partial charge in [-0.15, -0.1) is 0 Å². The molecule has 3 atom stereocenters. The molecule has 1 aliphatic carbocycles. The molecule has 0 bridgehead atoms. The third kappa shape index (κ3) is 4.62. The smallest absolute Gasteiger partial charge is 0.379 e. The zero-order chi connectivity index (χ0) is 26.3. The molecule has 194 valence electrons. The lowest BCUT2D eigenvalue weighted by molar-refractivity contribution is -0.137. The Morgan fingerprint density at radius 3 is 2.24 bits per heavy atom. The van der Waals surface area contributed by atoms with E-state index in [4.69, 9.17) is 10.00 Å². The molecule has 0 spiro atoms. The van der Waals surface area contributed by atoms with E-state index in [1.54, 1.807) is 6.07 Å². The third-order valence-corrected chi connectivity index (χ3v) is 7.22. The summed E-state index contributed by atoms with van der Waals surface area (Å²) in [6.45, 7) is 0.879. The first kappa shape index (κ1) is 25.0. The number of anilines is 2. The average molecular weight is 516 g/mol. The molecule has 2 aromatic carbocycles. The first-order valence-corrected chi connectivity index (χ1v) is 12.1. The molecule has 3 fully saturated rings. The molecule has 11 heteroatoms. The van der Waals surface area contributed by atoms with Gasteiger partial charge < -0.3 is 10.1 Å². The fourth-order valence-corrected chi connectivity index (χ4v) is 5.46. The largest absolute Gasteiger partial charge is 0.417 e. The number of ether oxygens (including phenoxy) is 1. The van der Waals surface area contributed by atoms with Gasteiger partial charge >= 0.3 is 12.2 Å². The number of rotatable bonds is 4. The summed E-state index contributed by atoms with van der Waals surface area (Å²) in [4.78, 5) is 28.9. The normalized spacial score (nSPS) is 23.6. The highest BCUT2D eigenvalue weighted by Crippen LogP contribution is 2.42. The monoisotopic (exact) mass is 516 g/mol. The highest BCUT2D eigenvalue weighted by atomic mass is 19.4. The Balaban J connectivity index is 1.47. The van der Waals surface area contributed by atoms with Crippen molar-refractivity contribution in [1.82, 2.24) is 5.32 Å². The van der Waals surface area contributed by atoms with Crippen LogP contribution < -0.4 is 15.1 Å². The number of nitriles is 1. The molecule has 37 heavy (non-hydrogen) atoms. The second kappa shape index (κ2) is 9.67. The van der Waals surface area contributed by atoms with Crippen LogP contribution in [0.15, 0.2) is 36.4 Å². The second-order valence-electron chi connectivity index (χ2n) is 9.48. The molecule has 1 unspecified atom stereocenters. The van der Waals surface area contributed by atoms with Crippen molar-refractivity contribution >= 4 is 23.3 Å². The molecule has 3 aliphatic rings. The van der Waals surface area contributed by atoms with Gasteiger partial charge in [0.1, 0.15) is 5.82 Å². The lowest BCUT2D eigenvalue weighted by Crippen LogP contribution is -2.40. The van der Waals surface area contributed by atoms with Crippen LogP contribution in [0.25, 0.3) is 0 Å². The van der Waals surface area contributed by atoms with Crippen LogP contribution in [0.2, 0.25) is 0 Å². The minimum atomic E-state index is -4.76. The van der Waals surface area contributed by atoms with Gasteiger partial charge in [0, 0.05) is 18.0 Å². The van der Waals surface area contributed by atoms with Gasteiger partial charge in [0.05, 0.1) is 47.5 Å². The number of carbonyl (C=O) groups excluding carboxylic acids is 2. The number of nitrogens with zero attached hydrogens (tertiary/aromatic N) is 3. The average Bonchev–Trinajstić information content (AvgIpc) is 3.48. The Morgan fingerprint density at radius 1 is 1.03 bits per heavy atom. The predicted octanol–water partition coefficient (Wildman–Crippen LogP) is 4.99. The van der Waals surface area contributed by atoms with E-state index in [9.17, 15) is 22.8 Å². The van der Waals surface area contributed by atoms with E-state index >= 15 is 4.39 Å². The number of hydrogen-bond acceptors (Lipinski definition) is 4. The van der Waals surface area contributed by atoms with Crippen LogP contribution in [-0.2, 0) is 10.9 Å². The maximum Gasteiger partial charge on any atom is 0.417 e. The number of amides is 3. The lowest BCUT2D eigenvalue weighted by atomic mass is 9.89. The second-order valence-corrected chi connectivity index (χ2v) is 9.48. The van der Waals surface area contributed by atoms with Gasteiger partial charge in [-0.2, -0.15) is 18.4 Å². The van der Waals surface area contributed by atoms with Crippen LogP contribution in [0.3, 0.4) is 0 Å². The fourth-order valence-electron chi connectivity index (χ4n) is 5.46. The number of fused-ring (bicyclic) bond motifs is 1. The molecular formula is C26H24F4N4O3. The quantitative estimate of drug-likeness (QED) is 0.580. The molecule has 2 aliphatic heterocycles. The number of halogens is 4. The maximum atomic E-state index is 15.1. The molecule has 2 heterocycles. The summed E-state index contributed by atoms with van der Waals surface area (Å²) in [5.41, 5.74) is -1.54. The van der Waals surface area contributed by atoms with Crippen molar-refractivity contribution in [3.05, 3.63) is 58.9 Å². The topological polar surface area (TPSA) is 85.7 Å². The van der Waals surface area contributed by atoms with Crippen LogP contribution in [0.5, 0.6) is 0 Å². The number of hydrogen-bond donors (Lipinski definition) is 1. The van der Waals surface area contributed by atoms with Gasteiger partial charge in [-0.1, -0.05) is 12.8 Å². The van der Waals surface area contributed by atoms with E-state index < -0.39 is 41.1 Å². The summed E-state index contributed by atoms with van der Waals surface area (Å²) < 4.78 is 61.1. The molecule has 1 saturated carbocycles. The number of carbonyl (C=O) groups is 2. The molecule has 7 nitrogen and oxygen atoms in total. The van der Waals surface area contributed by atoms with E-state index in [0.717, 1.165) is 31.0 Å². The molecular weight excluding hydrogens is 492 g/mol. The highest BCUT2D eigenvalue weighted by Gasteiger charge is 2.48. The Morgan fingerprint density at radius 2 is 1.68 bits per heavy atom. The Kier molecular flexibility index (Phi) is 6.54. The summed E-state index contributed by atoms with van der Waals surface area (Å²) in [5, 5.41) is 11.9. The summed E-state index contributed by atoms with van der Waals surface area (Å²) >= 11 is 0. The molecule has 0 radical (unpaired) electrons. The summed E-state index contributed by atoms with van der Waals surface area (Å²) in [6, 6.07) is 7.13. The van der Waals surface area contributed by atoms with Crippen molar-refractivity contribution in [2.75, 3.05) is 23.0 Å². The van der Waals surface area contributed by atoms with Crippen molar-refractivity contribution in [2.45, 2.75) is 56.4 Å². The minimum absolute atomic E-state index is 0.0333. The van der Waals surface area contributed by atoms with Gasteiger partial charge in [-0.25, -0.2) is 9.18 Å².